The Kier molecular flexibility index (Phi) is 4.76. The van der Waals surface area contributed by atoms with E-state index in [2.05, 4.69) is 15.0 Å². The summed E-state index contributed by atoms with van der Waals surface area (Å²) >= 11 is 0.375. The molecule has 2 N–H and O–H groups in total. The fraction of sp³-hybridized carbons (Fsp3) is 0.312. The van der Waals surface area contributed by atoms with Crippen LogP contribution in [0.5, 0.6) is 0 Å². The van der Waals surface area contributed by atoms with Gasteiger partial charge in [0, 0.05) is 0 Å². The summed E-state index contributed by atoms with van der Waals surface area (Å²) in [6, 6.07) is 3.78. The van der Waals surface area contributed by atoms with Crippen molar-refractivity contribution in [1.29, 1.82) is 0 Å². The molecule has 1 aliphatic carbocycles. The average molecular weight is 340 g/mol. The predicted molar refractivity (Wildman–Crippen MR) is 92.4 cm³/mol. The maximum atomic E-state index is 12.6. The molecule has 1 amide bonds. The number of nitrogens with one attached hydrogen (secondary N) is 2. The summed E-state index contributed by atoms with van der Waals surface area (Å²) in [6.07, 6.45) is 2.21. The Bertz CT molecular complexity index is 761. The van der Waals surface area contributed by atoms with Crippen LogP contribution in [0.2, 0.25) is 0 Å². The monoisotopic (exact) mass is 340 g/mol. The van der Waals surface area contributed by atoms with Crippen LogP contribution < -0.4 is 14.2 Å². The number of carbonyl (C=O) groups is 2. The summed E-state index contributed by atoms with van der Waals surface area (Å²) in [7, 11) is 0. The molecule has 0 radical (unpaired) electrons. The molecular formula is C16H18Al2N2O3. The minimum absolute atomic E-state index is 0.106. The molecule has 1 aromatic rings. The Hall–Kier alpha value is -1.37. The molecule has 23 heavy (non-hydrogen) atoms. The van der Waals surface area contributed by atoms with Crippen LogP contribution in [0.25, 0.3) is 0 Å². The number of Topliss-reactive ketones (excluding diaryl/α,β-unsaturated/α-hetero) is 1. The van der Waals surface area contributed by atoms with Crippen molar-refractivity contribution in [3.63, 3.8) is 0 Å². The fourth-order valence-electron chi connectivity index (χ4n) is 3.34. The van der Waals surface area contributed by atoms with Gasteiger partial charge in [0.1, 0.15) is 0 Å². The van der Waals surface area contributed by atoms with Crippen molar-refractivity contribution in [2.75, 3.05) is 0 Å². The van der Waals surface area contributed by atoms with Gasteiger partial charge in [-0.2, -0.15) is 0 Å². The van der Waals surface area contributed by atoms with E-state index in [9.17, 15) is 9.59 Å². The number of ketones is 1. The van der Waals surface area contributed by atoms with Crippen molar-refractivity contribution in [3.8, 4) is 0 Å². The number of dihydropyridines is 1. The molecule has 0 aromatic carbocycles. The molecule has 5 nitrogen and oxygen atoms in total. The molecule has 0 spiro atoms. The summed E-state index contributed by atoms with van der Waals surface area (Å²) in [6.45, 7) is 1.89. The molecule has 0 saturated heterocycles. The van der Waals surface area contributed by atoms with E-state index in [4.69, 9.17) is 4.42 Å². The zero-order chi connectivity index (χ0) is 16.6. The van der Waals surface area contributed by atoms with Gasteiger partial charge in [-0.3, -0.25) is 0 Å². The Labute approximate surface area is 149 Å². The first-order valence-corrected chi connectivity index (χ1v) is 10.1. The molecule has 0 saturated carbocycles. The van der Waals surface area contributed by atoms with Crippen LogP contribution in [0, 0.1) is 0 Å². The Morgan fingerprint density at radius 2 is 2.26 bits per heavy atom. The van der Waals surface area contributed by atoms with E-state index in [1.54, 1.807) is 0 Å². The van der Waals surface area contributed by atoms with E-state index in [-0.39, 0.29) is 26.5 Å². The van der Waals surface area contributed by atoms with Gasteiger partial charge in [-0.15, -0.1) is 0 Å². The molecule has 1 aromatic heterocycles. The molecule has 2 heterocycles. The molecule has 116 valence electrons. The van der Waals surface area contributed by atoms with Crippen molar-refractivity contribution in [1.82, 2.24) is 9.62 Å². The van der Waals surface area contributed by atoms with Crippen LogP contribution >= 0.6 is 0 Å². The van der Waals surface area contributed by atoms with E-state index in [0.29, 0.717) is 39.8 Å². The number of carbonyl (C=O) groups excluding carboxylic acids is 2. The molecule has 1 atom stereocenters. The van der Waals surface area contributed by atoms with Crippen LogP contribution in [-0.4, -0.2) is 48.4 Å². The summed E-state index contributed by atoms with van der Waals surface area (Å²) in [5.74, 6) is 0.235. The van der Waals surface area contributed by atoms with Gasteiger partial charge in [0.2, 0.25) is 0 Å². The van der Waals surface area contributed by atoms with Gasteiger partial charge in [-0.1, -0.05) is 0 Å². The van der Waals surface area contributed by atoms with Crippen LogP contribution in [0.15, 0.2) is 39.1 Å². The standard InChI is InChI=1S/C15H15N2O3.CH2.2Al.2H/c1-8-12(15(16)19)14(11-6-3-7-20-11)13-9(17-8)4-2-5-10(13)18;;;;;/h3,6,14H,2,4-5H2,1H3,(H3,16,17,18,19);1H2;;;;/q;;;+1;;/p-1. The van der Waals surface area contributed by atoms with Crippen molar-refractivity contribution in [2.45, 2.75) is 32.1 Å². The third-order valence-electron chi connectivity index (χ3n) is 4.38. The van der Waals surface area contributed by atoms with Gasteiger partial charge in [0.05, 0.1) is 0 Å². The summed E-state index contributed by atoms with van der Waals surface area (Å²) < 4.78 is 9.56. The number of allylic oxidation sites excluding steroid dienone is 3. The minimum atomic E-state index is -0.410. The first kappa shape index (κ1) is 16.5. The van der Waals surface area contributed by atoms with Gasteiger partial charge in [-0.05, 0) is 0 Å². The van der Waals surface area contributed by atoms with Crippen molar-refractivity contribution in [2.24, 2.45) is 0 Å². The Morgan fingerprint density at radius 3 is 2.91 bits per heavy atom. The number of hydrogen-bond acceptors (Lipinski definition) is 4. The van der Waals surface area contributed by atoms with Crippen molar-refractivity contribution in [3.05, 3.63) is 40.4 Å². The zero-order valence-electron chi connectivity index (χ0n) is 13.4. The number of furan rings is 1. The van der Waals surface area contributed by atoms with E-state index in [0.717, 1.165) is 28.9 Å². The molecule has 2 aliphatic rings. The van der Waals surface area contributed by atoms with E-state index < -0.39 is 5.92 Å². The van der Waals surface area contributed by atoms with Crippen LogP contribution in [0.3, 0.4) is 0 Å². The quantitative estimate of drug-likeness (QED) is 0.740. The average Bonchev–Trinajstić information content (AvgIpc) is 3.02. The van der Waals surface area contributed by atoms with E-state index >= 15 is 0 Å². The van der Waals surface area contributed by atoms with Crippen molar-refractivity contribution < 1.29 is 14.0 Å². The van der Waals surface area contributed by atoms with Gasteiger partial charge >= 0.3 is 149 Å². The van der Waals surface area contributed by atoms with Crippen LogP contribution in [0.1, 0.15) is 37.9 Å². The molecule has 1 aliphatic heterocycles. The van der Waals surface area contributed by atoms with E-state index in [1.807, 2.05) is 19.1 Å². The fourth-order valence-corrected chi connectivity index (χ4v) is 4.06. The van der Waals surface area contributed by atoms with Gasteiger partial charge in [0.15, 0.2) is 0 Å². The van der Waals surface area contributed by atoms with Crippen molar-refractivity contribution >= 4 is 53.0 Å². The van der Waals surface area contributed by atoms with Gasteiger partial charge in [-0.25, -0.2) is 0 Å². The first-order valence-electron chi connectivity index (χ1n) is 7.75. The second-order valence-corrected chi connectivity index (χ2v) is 7.27. The van der Waals surface area contributed by atoms with Gasteiger partial charge in [0.25, 0.3) is 0 Å². The predicted octanol–water partition coefficient (Wildman–Crippen LogP) is -0.327. The first-order chi connectivity index (χ1) is 11.1. The molecular weight excluding hydrogens is 322 g/mol. The van der Waals surface area contributed by atoms with Crippen LogP contribution in [0.4, 0.5) is 0 Å². The third kappa shape index (κ3) is 2.91. The van der Waals surface area contributed by atoms with Gasteiger partial charge < -0.3 is 0 Å². The SMILES string of the molecule is [CH2]=[Al][c]1ccc(C2C(C(=O)[NH][AlH2])=C(C)NC3=C2C(=O)CCC3)o1. The maximum absolute atomic E-state index is 12.6. The second-order valence-electron chi connectivity index (χ2n) is 5.79. The summed E-state index contributed by atoms with van der Waals surface area (Å²) in [5.41, 5.74) is 3.03. The molecule has 3 rings (SSSR count). The summed E-state index contributed by atoms with van der Waals surface area (Å²) in [4.78, 5) is 25.0. The Morgan fingerprint density at radius 1 is 1.48 bits per heavy atom. The zero-order valence-corrected chi connectivity index (χ0v) is 16.5. The topological polar surface area (TPSA) is 71.3 Å². The third-order valence-corrected chi connectivity index (χ3v) is 5.55. The van der Waals surface area contributed by atoms with E-state index in [1.165, 1.54) is 0 Å². The summed E-state index contributed by atoms with van der Waals surface area (Å²) in [5, 5.41) is 7.19. The number of amides is 1. The molecule has 1 unspecified atom stereocenters. The van der Waals surface area contributed by atoms with Crippen LogP contribution in [-0.2, 0) is 9.59 Å². The molecule has 0 fully saturated rings. The molecule has 0 bridgehead atoms. The molecule has 7 heteroatoms. The Balaban J connectivity index is 2.18. The number of hydrogen-bond donors (Lipinski definition) is 2. The second kappa shape index (κ2) is 6.63. The number of rotatable bonds is 3. The normalized spacial score (nSPS) is 20.7.